The minimum absolute atomic E-state index is 0.0194. The summed E-state index contributed by atoms with van der Waals surface area (Å²) in [5.41, 5.74) is 9.12. The molecule has 45 heavy (non-hydrogen) atoms. The number of carbonyl (C=O) groups is 1. The first-order valence-electron chi connectivity index (χ1n) is 15.3. The molecule has 1 amide bonds. The van der Waals surface area contributed by atoms with Crippen LogP contribution in [0.2, 0.25) is 23.2 Å². The first kappa shape index (κ1) is 34.5. The summed E-state index contributed by atoms with van der Waals surface area (Å²) in [4.78, 5) is 24.4. The van der Waals surface area contributed by atoms with Crippen LogP contribution in [0, 0.1) is 13.8 Å². The number of nitrogens with two attached hydrogens (primary N) is 1. The predicted octanol–water partition coefficient (Wildman–Crippen LogP) is 6.75. The maximum absolute atomic E-state index is 12.7. The zero-order valence-corrected chi connectivity index (χ0v) is 29.4. The fourth-order valence-electron chi connectivity index (χ4n) is 4.85. The van der Waals surface area contributed by atoms with Gasteiger partial charge in [-0.25, -0.2) is 4.98 Å². The third-order valence-electron chi connectivity index (χ3n) is 8.50. The molecule has 0 spiro atoms. The Hall–Kier alpha value is -3.38. The van der Waals surface area contributed by atoms with Gasteiger partial charge in [0.05, 0.1) is 37.6 Å². The number of benzene rings is 2. The third-order valence-corrected chi connectivity index (χ3v) is 13.2. The van der Waals surface area contributed by atoms with Crippen LogP contribution in [0.3, 0.4) is 0 Å². The lowest BCUT2D eigenvalue weighted by atomic mass is 10.0. The van der Waals surface area contributed by atoms with Crippen molar-refractivity contribution in [2.75, 3.05) is 51.9 Å². The Balaban J connectivity index is 1.62. The molecule has 0 radical (unpaired) electrons. The van der Waals surface area contributed by atoms with Crippen molar-refractivity contribution in [3.8, 4) is 28.6 Å². The second-order valence-electron chi connectivity index (χ2n) is 12.8. The summed E-state index contributed by atoms with van der Waals surface area (Å²) in [7, 11) is -0.750. The van der Waals surface area contributed by atoms with Gasteiger partial charge in [0.2, 0.25) is 20.1 Å². The molecule has 1 aliphatic heterocycles. The normalized spacial score (nSPS) is 14.2. The van der Waals surface area contributed by atoms with Gasteiger partial charge in [0.25, 0.3) is 5.91 Å². The van der Waals surface area contributed by atoms with E-state index in [0.29, 0.717) is 22.9 Å². The minimum atomic E-state index is -2.18. The largest absolute Gasteiger partial charge is 0.543 e. The molecule has 3 aromatic rings. The van der Waals surface area contributed by atoms with Crippen LogP contribution in [0.5, 0.6) is 17.4 Å². The van der Waals surface area contributed by atoms with E-state index in [1.807, 2.05) is 38.1 Å². The molecule has 2 heterocycles. The molecule has 244 valence electrons. The van der Waals surface area contributed by atoms with Crippen LogP contribution in [0.15, 0.2) is 30.3 Å². The summed E-state index contributed by atoms with van der Waals surface area (Å²) < 4.78 is 23.7. The number of methoxy groups -OCH3 is 1. The van der Waals surface area contributed by atoms with Gasteiger partial charge in [0.15, 0.2) is 0 Å². The van der Waals surface area contributed by atoms with Gasteiger partial charge in [-0.3, -0.25) is 9.69 Å². The first-order chi connectivity index (χ1) is 21.2. The van der Waals surface area contributed by atoms with Crippen molar-refractivity contribution in [3.63, 3.8) is 0 Å². The molecule has 2 aromatic carbocycles. The molecule has 4 rings (SSSR count). The Kier molecular flexibility index (Phi) is 11.0. The van der Waals surface area contributed by atoms with Crippen molar-refractivity contribution in [2.24, 2.45) is 5.73 Å². The summed E-state index contributed by atoms with van der Waals surface area (Å²) in [6.45, 7) is 19.9. The number of nitrogens with one attached hydrogen (secondary N) is 1. The number of hydrogen-bond donors (Lipinski definition) is 2. The van der Waals surface area contributed by atoms with Gasteiger partial charge in [-0.15, -0.1) is 0 Å². The van der Waals surface area contributed by atoms with Crippen molar-refractivity contribution in [1.82, 2.24) is 14.9 Å². The van der Waals surface area contributed by atoms with E-state index < -0.39 is 14.2 Å². The number of nitrogens with zero attached hydrogens (tertiary/aromatic N) is 3. The predicted molar refractivity (Wildman–Crippen MR) is 182 cm³/mol. The highest BCUT2D eigenvalue weighted by Gasteiger charge is 2.39. The molecule has 0 bridgehead atoms. The fourth-order valence-corrected chi connectivity index (χ4v) is 6.22. The van der Waals surface area contributed by atoms with Crippen LogP contribution in [-0.4, -0.2) is 75.7 Å². The van der Waals surface area contributed by atoms with E-state index in [0.717, 1.165) is 61.8 Å². The molecule has 1 aliphatic rings. The Bertz CT molecular complexity index is 1520. The maximum atomic E-state index is 12.7. The first-order valence-corrected chi connectivity index (χ1v) is 18.6. The molecule has 0 atom stereocenters. The van der Waals surface area contributed by atoms with Crippen molar-refractivity contribution in [3.05, 3.63) is 52.0 Å². The number of hydrogen-bond acceptors (Lipinski definition) is 9. The quantitative estimate of drug-likeness (QED) is 0.161. The van der Waals surface area contributed by atoms with Gasteiger partial charge in [-0.2, -0.15) is 4.98 Å². The highest BCUT2D eigenvalue weighted by molar-refractivity contribution is 6.74. The minimum Gasteiger partial charge on any atom is -0.543 e. The number of primary amides is 1. The Morgan fingerprint density at radius 3 is 2.42 bits per heavy atom. The summed E-state index contributed by atoms with van der Waals surface area (Å²) >= 11 is 6.78. The standard InChI is InChI=1S/C33H46ClN5O5Si/c1-21-20-23(10-12-25(21)43-17-9-14-39-15-18-42-19-16-39)36-32-37-29(28(30(35)40)31(38-32)41-6)27-22(2)26(13-11-24(27)34)44-45(7,8)33(3,4)5/h10-13,20H,9,14-19H2,1-8H3,(H2,35,40)(H,36,37,38). The SMILES string of the molecule is COc1nc(Nc2ccc(OCCCN3CCOCC3)c(C)c2)nc(-c2c(Cl)ccc(O[Si](C)(C)C(C)(C)C)c2C)c1C(N)=O. The van der Waals surface area contributed by atoms with Gasteiger partial charge in [0, 0.05) is 36.4 Å². The molecular weight excluding hydrogens is 610 g/mol. The summed E-state index contributed by atoms with van der Waals surface area (Å²) in [6, 6.07) is 9.39. The number of amides is 1. The van der Waals surface area contributed by atoms with E-state index in [-0.39, 0.29) is 28.1 Å². The van der Waals surface area contributed by atoms with Crippen LogP contribution in [0.25, 0.3) is 11.3 Å². The van der Waals surface area contributed by atoms with E-state index in [9.17, 15) is 4.79 Å². The number of rotatable bonds is 12. The topological polar surface area (TPSA) is 121 Å². The van der Waals surface area contributed by atoms with Crippen molar-refractivity contribution in [2.45, 2.75) is 59.2 Å². The number of carbonyl (C=O) groups excluding carboxylic acids is 1. The molecule has 1 fully saturated rings. The van der Waals surface area contributed by atoms with Crippen LogP contribution in [-0.2, 0) is 4.74 Å². The highest BCUT2D eigenvalue weighted by Crippen LogP contribution is 2.43. The maximum Gasteiger partial charge on any atom is 0.256 e. The molecule has 1 saturated heterocycles. The summed E-state index contributed by atoms with van der Waals surface area (Å²) in [5.74, 6) is 1.02. The molecule has 0 saturated carbocycles. The van der Waals surface area contributed by atoms with E-state index in [1.54, 1.807) is 6.07 Å². The average Bonchev–Trinajstić information content (AvgIpc) is 2.97. The number of aryl methyl sites for hydroxylation is 1. The van der Waals surface area contributed by atoms with E-state index >= 15 is 0 Å². The number of aromatic nitrogens is 2. The lowest BCUT2D eigenvalue weighted by Crippen LogP contribution is -2.44. The van der Waals surface area contributed by atoms with E-state index in [1.165, 1.54) is 7.11 Å². The van der Waals surface area contributed by atoms with Gasteiger partial charge >= 0.3 is 0 Å². The zero-order valence-electron chi connectivity index (χ0n) is 27.7. The van der Waals surface area contributed by atoms with Gasteiger partial charge in [0.1, 0.15) is 17.1 Å². The van der Waals surface area contributed by atoms with Gasteiger partial charge < -0.3 is 29.7 Å². The molecule has 0 unspecified atom stereocenters. The zero-order chi connectivity index (χ0) is 32.9. The number of anilines is 2. The molecule has 1 aromatic heterocycles. The van der Waals surface area contributed by atoms with E-state index in [4.69, 9.17) is 41.0 Å². The lowest BCUT2D eigenvalue weighted by Gasteiger charge is -2.37. The van der Waals surface area contributed by atoms with Gasteiger partial charge in [-0.1, -0.05) is 32.4 Å². The highest BCUT2D eigenvalue weighted by atomic mass is 35.5. The van der Waals surface area contributed by atoms with Gasteiger partial charge in [-0.05, 0) is 74.3 Å². The molecule has 10 nitrogen and oxygen atoms in total. The average molecular weight is 656 g/mol. The van der Waals surface area contributed by atoms with Crippen LogP contribution < -0.4 is 25.0 Å². The molecular formula is C33H46ClN5O5Si. The third kappa shape index (κ3) is 8.26. The van der Waals surface area contributed by atoms with Crippen molar-refractivity contribution in [1.29, 1.82) is 0 Å². The van der Waals surface area contributed by atoms with Crippen molar-refractivity contribution < 1.29 is 23.4 Å². The fraction of sp³-hybridized carbons (Fsp3) is 0.485. The monoisotopic (exact) mass is 655 g/mol. The number of ether oxygens (including phenoxy) is 3. The Morgan fingerprint density at radius 1 is 1.11 bits per heavy atom. The smallest absolute Gasteiger partial charge is 0.256 e. The van der Waals surface area contributed by atoms with Crippen LogP contribution in [0.4, 0.5) is 11.6 Å². The second kappa shape index (κ2) is 14.4. The number of halogens is 1. The molecule has 0 aliphatic carbocycles. The Morgan fingerprint density at radius 2 is 1.80 bits per heavy atom. The van der Waals surface area contributed by atoms with Crippen LogP contribution >= 0.6 is 11.6 Å². The second-order valence-corrected chi connectivity index (χ2v) is 17.9. The lowest BCUT2D eigenvalue weighted by molar-refractivity contribution is 0.0358. The summed E-state index contributed by atoms with van der Waals surface area (Å²) in [5, 5.41) is 3.63. The summed E-state index contributed by atoms with van der Waals surface area (Å²) in [6.07, 6.45) is 0.937. The Labute approximate surface area is 272 Å². The number of morpholine rings is 1. The molecule has 3 N–H and O–H groups in total. The van der Waals surface area contributed by atoms with Crippen molar-refractivity contribution >= 4 is 37.5 Å². The molecule has 12 heteroatoms. The van der Waals surface area contributed by atoms with E-state index in [2.05, 4.69) is 49.1 Å². The van der Waals surface area contributed by atoms with Crippen LogP contribution in [0.1, 0.15) is 48.7 Å².